The Morgan fingerprint density at radius 2 is 2.12 bits per heavy atom. The lowest BCUT2D eigenvalue weighted by molar-refractivity contribution is -0.114. The van der Waals surface area contributed by atoms with Gasteiger partial charge in [-0.1, -0.05) is 23.7 Å². The molecule has 0 aliphatic rings. The van der Waals surface area contributed by atoms with Crippen LogP contribution in [0, 0.1) is 0 Å². The first-order valence-corrected chi connectivity index (χ1v) is 8.69. The number of ether oxygens (including phenoxy) is 1. The maximum Gasteiger partial charge on any atom is 0.350 e. The maximum absolute atomic E-state index is 12.2. The number of anilines is 1. The highest BCUT2D eigenvalue weighted by atomic mass is 35.5. The van der Waals surface area contributed by atoms with E-state index in [1.165, 1.54) is 18.3 Å². The van der Waals surface area contributed by atoms with Gasteiger partial charge in [-0.3, -0.25) is 4.79 Å². The number of rotatable bonds is 7. The smallest absolute Gasteiger partial charge is 0.350 e. The van der Waals surface area contributed by atoms with E-state index in [9.17, 15) is 9.59 Å². The Kier molecular flexibility index (Phi) is 6.56. The molecular formula is C16H19ClN2O4S. The van der Waals surface area contributed by atoms with Gasteiger partial charge >= 0.3 is 5.97 Å². The van der Waals surface area contributed by atoms with Crippen molar-refractivity contribution in [2.75, 3.05) is 25.1 Å². The molecule has 24 heavy (non-hydrogen) atoms. The van der Waals surface area contributed by atoms with Gasteiger partial charge in [0.2, 0.25) is 5.91 Å². The molecule has 0 bridgehead atoms. The monoisotopic (exact) mass is 370 g/mol. The van der Waals surface area contributed by atoms with E-state index >= 15 is 0 Å². The van der Waals surface area contributed by atoms with E-state index in [1.54, 1.807) is 6.92 Å². The van der Waals surface area contributed by atoms with Crippen LogP contribution >= 0.6 is 22.9 Å². The Hall–Kier alpha value is -1.67. The molecule has 6 nitrogen and oxygen atoms in total. The lowest BCUT2D eigenvalue weighted by atomic mass is 10.1. The summed E-state index contributed by atoms with van der Waals surface area (Å²) in [5, 5.41) is 15.8. The highest BCUT2D eigenvalue weighted by Gasteiger charge is 2.22. The van der Waals surface area contributed by atoms with Crippen LogP contribution in [0.1, 0.15) is 29.1 Å². The summed E-state index contributed by atoms with van der Waals surface area (Å²) in [5.74, 6) is -0.761. The molecule has 1 aromatic heterocycles. The number of halogens is 1. The van der Waals surface area contributed by atoms with E-state index < -0.39 is 5.97 Å². The molecule has 2 rings (SSSR count). The fourth-order valence-electron chi connectivity index (χ4n) is 2.25. The van der Waals surface area contributed by atoms with Crippen LogP contribution in [-0.4, -0.2) is 36.7 Å². The molecule has 0 saturated heterocycles. The Balaban J connectivity index is 2.50. The van der Waals surface area contributed by atoms with E-state index in [2.05, 4.69) is 10.6 Å². The van der Waals surface area contributed by atoms with Crippen molar-refractivity contribution in [3.8, 4) is 0 Å². The first-order chi connectivity index (χ1) is 11.5. The Morgan fingerprint density at radius 3 is 2.75 bits per heavy atom. The van der Waals surface area contributed by atoms with Gasteiger partial charge in [-0.2, -0.15) is 0 Å². The highest BCUT2D eigenvalue weighted by Crippen LogP contribution is 2.41. The van der Waals surface area contributed by atoms with E-state index in [4.69, 9.17) is 21.4 Å². The predicted molar refractivity (Wildman–Crippen MR) is 95.9 cm³/mol. The fourth-order valence-corrected chi connectivity index (χ4v) is 3.71. The molecule has 0 saturated carbocycles. The number of aliphatic hydroxyl groups is 1. The number of nitrogens with one attached hydrogen (secondary N) is 2. The van der Waals surface area contributed by atoms with Crippen molar-refractivity contribution in [3.05, 3.63) is 27.6 Å². The van der Waals surface area contributed by atoms with Crippen molar-refractivity contribution < 1.29 is 19.4 Å². The standard InChI is InChI=1S/C16H19ClN2O4S/c1-3-23-16(22)15-13(19-9(2)21)11-5-4-10(8-18-6-7-20)12(17)14(11)24-15/h4-5,18,20H,3,6-8H2,1-2H3,(H,19,21). The molecule has 0 spiro atoms. The van der Waals surface area contributed by atoms with Gasteiger partial charge in [0.05, 0.1) is 28.6 Å². The lowest BCUT2D eigenvalue weighted by Gasteiger charge is -2.07. The highest BCUT2D eigenvalue weighted by molar-refractivity contribution is 7.22. The van der Waals surface area contributed by atoms with Crippen LogP contribution < -0.4 is 10.6 Å². The number of aliphatic hydroxyl groups excluding tert-OH is 1. The van der Waals surface area contributed by atoms with E-state index in [-0.39, 0.29) is 19.1 Å². The molecule has 0 aliphatic carbocycles. The summed E-state index contributed by atoms with van der Waals surface area (Å²) in [6, 6.07) is 3.66. The second-order valence-corrected chi connectivity index (χ2v) is 6.42. The normalized spacial score (nSPS) is 10.8. The number of carbonyl (C=O) groups is 2. The number of fused-ring (bicyclic) bond motifs is 1. The van der Waals surface area contributed by atoms with Gasteiger partial charge in [-0.05, 0) is 12.5 Å². The van der Waals surface area contributed by atoms with Gasteiger partial charge in [0.1, 0.15) is 4.88 Å². The Labute approximate surface area is 148 Å². The zero-order valence-corrected chi connectivity index (χ0v) is 15.0. The van der Waals surface area contributed by atoms with Crippen molar-refractivity contribution in [3.63, 3.8) is 0 Å². The SMILES string of the molecule is CCOC(=O)c1sc2c(Cl)c(CNCCO)ccc2c1NC(C)=O. The third kappa shape index (κ3) is 4.05. The van der Waals surface area contributed by atoms with Crippen LogP contribution in [0.3, 0.4) is 0 Å². The zero-order valence-electron chi connectivity index (χ0n) is 13.4. The number of benzene rings is 1. The van der Waals surface area contributed by atoms with Gasteiger partial charge < -0.3 is 20.5 Å². The third-order valence-corrected chi connectivity index (χ3v) is 4.99. The first-order valence-electron chi connectivity index (χ1n) is 7.49. The lowest BCUT2D eigenvalue weighted by Crippen LogP contribution is -2.17. The topological polar surface area (TPSA) is 87.7 Å². The molecule has 1 heterocycles. The average Bonchev–Trinajstić information content (AvgIpc) is 2.89. The zero-order chi connectivity index (χ0) is 17.7. The molecule has 8 heteroatoms. The minimum Gasteiger partial charge on any atom is -0.462 e. The summed E-state index contributed by atoms with van der Waals surface area (Å²) in [7, 11) is 0. The molecule has 1 aromatic carbocycles. The maximum atomic E-state index is 12.2. The van der Waals surface area contributed by atoms with Crippen molar-refractivity contribution >= 4 is 50.6 Å². The summed E-state index contributed by atoms with van der Waals surface area (Å²) in [4.78, 5) is 24.0. The molecular weight excluding hydrogens is 352 g/mol. The summed E-state index contributed by atoms with van der Waals surface area (Å²) in [6.45, 7) is 4.35. The number of esters is 1. The molecule has 0 radical (unpaired) electrons. The summed E-state index contributed by atoms with van der Waals surface area (Å²) < 4.78 is 5.78. The quantitative estimate of drug-likeness (QED) is 0.515. The molecule has 0 atom stereocenters. The largest absolute Gasteiger partial charge is 0.462 e. The number of amides is 1. The van der Waals surface area contributed by atoms with Crippen LogP contribution in [0.4, 0.5) is 5.69 Å². The molecule has 0 unspecified atom stereocenters. The molecule has 2 aromatic rings. The van der Waals surface area contributed by atoms with Crippen LogP contribution in [0.25, 0.3) is 10.1 Å². The van der Waals surface area contributed by atoms with Crippen molar-refractivity contribution in [2.45, 2.75) is 20.4 Å². The second kappa shape index (κ2) is 8.43. The predicted octanol–water partition coefficient (Wildman–Crippen LogP) is 2.77. The Bertz CT molecular complexity index is 760. The number of thiophene rings is 1. The minimum absolute atomic E-state index is 0.0402. The molecule has 0 aliphatic heterocycles. The summed E-state index contributed by atoms with van der Waals surface area (Å²) >= 11 is 7.66. The van der Waals surface area contributed by atoms with Crippen LogP contribution in [0.2, 0.25) is 5.02 Å². The van der Waals surface area contributed by atoms with Gasteiger partial charge in [-0.15, -0.1) is 11.3 Å². The summed E-state index contributed by atoms with van der Waals surface area (Å²) in [5.41, 5.74) is 1.28. The van der Waals surface area contributed by atoms with Gasteiger partial charge in [-0.25, -0.2) is 4.79 Å². The third-order valence-electron chi connectivity index (χ3n) is 3.24. The van der Waals surface area contributed by atoms with E-state index in [0.29, 0.717) is 38.8 Å². The average molecular weight is 371 g/mol. The summed E-state index contributed by atoms with van der Waals surface area (Å²) in [6.07, 6.45) is 0. The number of hydrogen-bond donors (Lipinski definition) is 3. The van der Waals surface area contributed by atoms with Crippen LogP contribution in [0.15, 0.2) is 12.1 Å². The number of carbonyl (C=O) groups excluding carboxylic acids is 2. The molecule has 1 amide bonds. The first kappa shape index (κ1) is 18.7. The van der Waals surface area contributed by atoms with Gasteiger partial charge in [0.25, 0.3) is 0 Å². The number of hydrogen-bond acceptors (Lipinski definition) is 6. The van der Waals surface area contributed by atoms with Crippen molar-refractivity contribution in [1.82, 2.24) is 5.32 Å². The van der Waals surface area contributed by atoms with Crippen LogP contribution in [-0.2, 0) is 16.1 Å². The molecule has 130 valence electrons. The molecule has 3 N–H and O–H groups in total. The van der Waals surface area contributed by atoms with Gasteiger partial charge in [0.15, 0.2) is 0 Å². The second-order valence-electron chi connectivity index (χ2n) is 5.02. The minimum atomic E-state index is -0.488. The Morgan fingerprint density at radius 1 is 1.38 bits per heavy atom. The van der Waals surface area contributed by atoms with Crippen LogP contribution in [0.5, 0.6) is 0 Å². The molecule has 0 fully saturated rings. The fraction of sp³-hybridized carbons (Fsp3) is 0.375. The van der Waals surface area contributed by atoms with Gasteiger partial charge in [0, 0.05) is 25.4 Å². The van der Waals surface area contributed by atoms with Crippen molar-refractivity contribution in [1.29, 1.82) is 0 Å². The van der Waals surface area contributed by atoms with Crippen molar-refractivity contribution in [2.24, 2.45) is 0 Å². The van der Waals surface area contributed by atoms with E-state index in [1.807, 2.05) is 12.1 Å². The van der Waals surface area contributed by atoms with E-state index in [0.717, 1.165) is 5.56 Å².